The van der Waals surface area contributed by atoms with Gasteiger partial charge in [-0.3, -0.25) is 28.8 Å². The third kappa shape index (κ3) is 9.83. The van der Waals surface area contributed by atoms with Crippen molar-refractivity contribution in [2.24, 2.45) is 5.92 Å². The molecule has 4 aliphatic heterocycles. The summed E-state index contributed by atoms with van der Waals surface area (Å²) in [6.45, 7) is 5.69. The standard InChI is InChI=1S/C39H53FN6O8/c1-4-5-6-7-15-33(47)42-28(22-26-11-8-12-27(40)21-26)34(48)43-29-23-54-39(53)31-14-10-18-45(31)36(50)25(3)41-35(49)32-20-24(2)16-19-46(32)38(52)30-13-9-17-44(30)37(29)51/h7-8,11-12,15,21,24-25,28-32H,4-6,9-10,13-14,16-20,22-23H2,1-3H3,(H,41,49)(H,42,47)(H,43,48)/b15-7+/t24?,25-,28-,29-,30-,31-,32?/m0/s1. The lowest BCUT2D eigenvalue weighted by molar-refractivity contribution is -0.158. The number of hydrogen-bond acceptors (Lipinski definition) is 8. The van der Waals surface area contributed by atoms with E-state index in [2.05, 4.69) is 16.0 Å². The minimum Gasteiger partial charge on any atom is -0.461 e. The van der Waals surface area contributed by atoms with Gasteiger partial charge in [0, 0.05) is 26.1 Å². The van der Waals surface area contributed by atoms with Crippen molar-refractivity contribution < 1.29 is 42.7 Å². The number of halogens is 1. The number of hydrogen-bond donors (Lipinski definition) is 3. The van der Waals surface area contributed by atoms with Crippen LogP contribution in [0.25, 0.3) is 0 Å². The van der Waals surface area contributed by atoms with E-state index in [4.69, 9.17) is 4.74 Å². The molecule has 15 heteroatoms. The van der Waals surface area contributed by atoms with E-state index < -0.39 is 90.1 Å². The number of benzene rings is 1. The van der Waals surface area contributed by atoms with Crippen LogP contribution in [0.5, 0.6) is 0 Å². The normalized spacial score (nSPS) is 27.6. The van der Waals surface area contributed by atoms with E-state index in [-0.39, 0.29) is 25.4 Å². The molecule has 294 valence electrons. The number of allylic oxidation sites excluding steroid dienone is 1. The first-order valence-corrected chi connectivity index (χ1v) is 19.3. The van der Waals surface area contributed by atoms with Crippen molar-refractivity contribution in [2.45, 2.75) is 121 Å². The topological polar surface area (TPSA) is 175 Å². The van der Waals surface area contributed by atoms with Gasteiger partial charge in [-0.15, -0.1) is 0 Å². The molecule has 4 heterocycles. The number of piperidine rings is 1. The van der Waals surface area contributed by atoms with Gasteiger partial charge >= 0.3 is 5.97 Å². The van der Waals surface area contributed by atoms with Gasteiger partial charge in [0.2, 0.25) is 35.4 Å². The molecule has 0 spiro atoms. The van der Waals surface area contributed by atoms with Crippen LogP contribution in [0, 0.1) is 11.7 Å². The van der Waals surface area contributed by atoms with Gasteiger partial charge in [-0.1, -0.05) is 44.9 Å². The highest BCUT2D eigenvalue weighted by molar-refractivity contribution is 5.98. The van der Waals surface area contributed by atoms with Crippen molar-refractivity contribution in [3.05, 3.63) is 47.8 Å². The average Bonchev–Trinajstić information content (AvgIpc) is 3.84. The van der Waals surface area contributed by atoms with Gasteiger partial charge in [0.15, 0.2) is 0 Å². The van der Waals surface area contributed by atoms with E-state index in [1.807, 2.05) is 13.8 Å². The summed E-state index contributed by atoms with van der Waals surface area (Å²) in [6.07, 6.45) is 8.02. The first-order valence-electron chi connectivity index (χ1n) is 19.3. The number of carbonyl (C=O) groups is 7. The van der Waals surface area contributed by atoms with E-state index in [1.54, 1.807) is 19.1 Å². The van der Waals surface area contributed by atoms with Crippen LogP contribution in [0.3, 0.4) is 0 Å². The Hall–Kier alpha value is -4.82. The zero-order valence-corrected chi connectivity index (χ0v) is 31.4. The van der Waals surface area contributed by atoms with E-state index in [9.17, 15) is 38.0 Å². The summed E-state index contributed by atoms with van der Waals surface area (Å²) >= 11 is 0. The van der Waals surface area contributed by atoms with Crippen LogP contribution in [0.1, 0.15) is 84.1 Å². The quantitative estimate of drug-likeness (QED) is 0.194. The first-order chi connectivity index (χ1) is 25.9. The highest BCUT2D eigenvalue weighted by Gasteiger charge is 2.46. The Labute approximate surface area is 315 Å². The molecule has 5 rings (SSSR count). The fourth-order valence-corrected chi connectivity index (χ4v) is 7.78. The Bertz CT molecular complexity index is 1620. The molecule has 7 atom stereocenters. The van der Waals surface area contributed by atoms with Crippen molar-refractivity contribution >= 4 is 41.4 Å². The van der Waals surface area contributed by atoms with E-state index in [0.29, 0.717) is 57.1 Å². The number of nitrogens with zero attached hydrogens (tertiary/aromatic N) is 3. The number of fused-ring (bicyclic) bond motifs is 3. The molecular weight excluding hydrogens is 699 g/mol. The number of ether oxygens (including phenoxy) is 1. The Morgan fingerprint density at radius 3 is 2.37 bits per heavy atom. The fourth-order valence-electron chi connectivity index (χ4n) is 7.78. The predicted octanol–water partition coefficient (Wildman–Crippen LogP) is 1.75. The molecule has 54 heavy (non-hydrogen) atoms. The first kappa shape index (κ1) is 40.4. The third-order valence-corrected chi connectivity index (χ3v) is 10.8. The molecule has 6 amide bonds. The molecule has 4 saturated heterocycles. The van der Waals surface area contributed by atoms with Crippen molar-refractivity contribution in [2.75, 3.05) is 26.2 Å². The lowest BCUT2D eigenvalue weighted by atomic mass is 9.91. The molecule has 3 N–H and O–H groups in total. The van der Waals surface area contributed by atoms with Gasteiger partial charge in [0.25, 0.3) is 0 Å². The van der Waals surface area contributed by atoms with Crippen LogP contribution >= 0.6 is 0 Å². The van der Waals surface area contributed by atoms with Gasteiger partial charge in [0.1, 0.15) is 48.7 Å². The number of esters is 1. The second-order valence-electron chi connectivity index (χ2n) is 14.9. The van der Waals surface area contributed by atoms with Gasteiger partial charge < -0.3 is 35.4 Å². The van der Waals surface area contributed by atoms with Crippen LogP contribution in [-0.2, 0) is 44.7 Å². The van der Waals surface area contributed by atoms with E-state index in [0.717, 1.165) is 12.8 Å². The SMILES string of the molecule is CCCC/C=C/C(=O)N[C@@H](Cc1cccc(F)c1)C(=O)N[C@H]1COC(=O)[C@@H]2CCCN2C(=O)[C@H](C)NC(=O)C2CC(C)CCN2C(=O)[C@@H]2CCCN2C1=O. The molecule has 1 aromatic rings. The van der Waals surface area contributed by atoms with Crippen molar-refractivity contribution in [3.8, 4) is 0 Å². The van der Waals surface area contributed by atoms with Gasteiger partial charge in [0.05, 0.1) is 0 Å². The molecule has 4 aliphatic rings. The number of rotatable bonds is 9. The van der Waals surface area contributed by atoms with Gasteiger partial charge in [-0.05, 0) is 81.6 Å². The molecular formula is C39H53FN6O8. The van der Waals surface area contributed by atoms with Crippen LogP contribution in [-0.4, -0.2) is 119 Å². The summed E-state index contributed by atoms with van der Waals surface area (Å²) in [7, 11) is 0. The molecule has 0 aromatic heterocycles. The highest BCUT2D eigenvalue weighted by atomic mass is 19.1. The predicted molar refractivity (Wildman–Crippen MR) is 195 cm³/mol. The van der Waals surface area contributed by atoms with Crippen molar-refractivity contribution in [1.82, 2.24) is 30.7 Å². The zero-order chi connectivity index (χ0) is 38.9. The fraction of sp³-hybridized carbons (Fsp3) is 0.615. The number of cyclic esters (lactones) is 1. The monoisotopic (exact) mass is 752 g/mol. The third-order valence-electron chi connectivity index (χ3n) is 10.8. The Morgan fingerprint density at radius 2 is 1.65 bits per heavy atom. The molecule has 2 unspecified atom stereocenters. The summed E-state index contributed by atoms with van der Waals surface area (Å²) in [4.78, 5) is 101. The highest BCUT2D eigenvalue weighted by Crippen LogP contribution is 2.28. The molecule has 0 aliphatic carbocycles. The Kier molecular flexibility index (Phi) is 13.8. The number of unbranched alkanes of at least 4 members (excludes halogenated alkanes) is 2. The van der Waals surface area contributed by atoms with Crippen LogP contribution in [0.2, 0.25) is 0 Å². The number of amides is 6. The smallest absolute Gasteiger partial charge is 0.328 e. The van der Waals surface area contributed by atoms with E-state index >= 15 is 0 Å². The summed E-state index contributed by atoms with van der Waals surface area (Å²) < 4.78 is 19.8. The number of nitrogens with one attached hydrogen (secondary N) is 3. The average molecular weight is 753 g/mol. The second-order valence-corrected chi connectivity index (χ2v) is 14.9. The van der Waals surface area contributed by atoms with Crippen molar-refractivity contribution in [1.29, 1.82) is 0 Å². The van der Waals surface area contributed by atoms with E-state index in [1.165, 1.54) is 39.0 Å². The van der Waals surface area contributed by atoms with Crippen LogP contribution in [0.4, 0.5) is 4.39 Å². The minimum atomic E-state index is -1.47. The summed E-state index contributed by atoms with van der Waals surface area (Å²) in [5, 5.41) is 8.12. The molecule has 4 fully saturated rings. The maximum Gasteiger partial charge on any atom is 0.328 e. The van der Waals surface area contributed by atoms with Crippen LogP contribution < -0.4 is 16.0 Å². The van der Waals surface area contributed by atoms with Gasteiger partial charge in [-0.25, -0.2) is 9.18 Å². The maximum absolute atomic E-state index is 14.4. The molecule has 0 saturated carbocycles. The second kappa shape index (κ2) is 18.5. The summed E-state index contributed by atoms with van der Waals surface area (Å²) in [5.74, 6) is -4.55. The minimum absolute atomic E-state index is 0.113. The zero-order valence-electron chi connectivity index (χ0n) is 31.4. The summed E-state index contributed by atoms with van der Waals surface area (Å²) in [6, 6.07) is -0.884. The lowest BCUT2D eigenvalue weighted by Gasteiger charge is -2.41. The Balaban J connectivity index is 1.45. The number of carbonyl (C=O) groups excluding carboxylic acids is 7. The lowest BCUT2D eigenvalue weighted by Crippen LogP contribution is -2.62. The summed E-state index contributed by atoms with van der Waals surface area (Å²) in [5.41, 5.74) is 0.418. The largest absolute Gasteiger partial charge is 0.461 e. The Morgan fingerprint density at radius 1 is 0.944 bits per heavy atom. The van der Waals surface area contributed by atoms with Crippen LogP contribution in [0.15, 0.2) is 36.4 Å². The molecule has 14 nitrogen and oxygen atoms in total. The van der Waals surface area contributed by atoms with Crippen molar-refractivity contribution in [3.63, 3.8) is 0 Å². The molecule has 0 radical (unpaired) electrons. The molecule has 1 aromatic carbocycles. The van der Waals surface area contributed by atoms with Gasteiger partial charge in [-0.2, -0.15) is 0 Å². The molecule has 0 bridgehead atoms. The maximum atomic E-state index is 14.4.